The van der Waals surface area contributed by atoms with E-state index in [-0.39, 0.29) is 11.7 Å². The molecule has 5 rings (SSSR count). The van der Waals surface area contributed by atoms with Crippen molar-refractivity contribution in [3.8, 4) is 0 Å². The summed E-state index contributed by atoms with van der Waals surface area (Å²) in [5.41, 5.74) is 7.16. The van der Waals surface area contributed by atoms with Crippen LogP contribution in [0.3, 0.4) is 0 Å². The summed E-state index contributed by atoms with van der Waals surface area (Å²) >= 11 is 4.60. The highest BCUT2D eigenvalue weighted by atomic mass is 32.2. The van der Waals surface area contributed by atoms with Crippen molar-refractivity contribution in [2.24, 2.45) is 5.73 Å². The molecule has 31 heavy (non-hydrogen) atoms. The number of amides is 2. The Labute approximate surface area is 192 Å². The van der Waals surface area contributed by atoms with Crippen molar-refractivity contribution in [2.75, 3.05) is 11.1 Å². The number of anilines is 1. The Morgan fingerprint density at radius 2 is 2.10 bits per heavy atom. The lowest BCUT2D eigenvalue weighted by molar-refractivity contribution is -0.113. The van der Waals surface area contributed by atoms with Crippen molar-refractivity contribution in [3.05, 3.63) is 44.2 Å². The van der Waals surface area contributed by atoms with E-state index in [4.69, 9.17) is 5.73 Å². The van der Waals surface area contributed by atoms with E-state index in [0.29, 0.717) is 16.6 Å². The molecular weight excluding hydrogens is 450 g/mol. The van der Waals surface area contributed by atoms with Crippen LogP contribution < -0.4 is 11.1 Å². The number of aryl methyl sites for hydroxylation is 1. The predicted molar refractivity (Wildman–Crippen MR) is 124 cm³/mol. The number of carbonyl (C=O) groups is 2. The summed E-state index contributed by atoms with van der Waals surface area (Å²) in [7, 11) is 0. The third-order valence-corrected chi connectivity index (χ3v) is 8.59. The SMILES string of the molecule is NC(=O)c1c(NC(=O)CSc2nnc(Cc3cccs3)n2C2CC2)sc2c1CCCC2. The van der Waals surface area contributed by atoms with Crippen molar-refractivity contribution in [1.82, 2.24) is 14.8 Å². The Balaban J connectivity index is 1.28. The fourth-order valence-electron chi connectivity index (χ4n) is 4.00. The second-order valence-corrected chi connectivity index (χ2v) is 11.0. The van der Waals surface area contributed by atoms with Gasteiger partial charge in [-0.05, 0) is 55.5 Å². The molecule has 3 N–H and O–H groups in total. The smallest absolute Gasteiger partial charge is 0.251 e. The highest BCUT2D eigenvalue weighted by Crippen LogP contribution is 2.40. The zero-order valence-corrected chi connectivity index (χ0v) is 19.4. The minimum atomic E-state index is -0.464. The molecule has 7 nitrogen and oxygen atoms in total. The van der Waals surface area contributed by atoms with Crippen molar-refractivity contribution in [1.29, 1.82) is 0 Å². The van der Waals surface area contributed by atoms with Gasteiger partial charge in [0, 0.05) is 22.2 Å². The molecule has 10 heteroatoms. The van der Waals surface area contributed by atoms with Crippen LogP contribution in [0.25, 0.3) is 0 Å². The maximum absolute atomic E-state index is 12.7. The fraction of sp³-hybridized carbons (Fsp3) is 0.429. The normalized spacial score (nSPS) is 15.6. The number of fused-ring (bicyclic) bond motifs is 1. The van der Waals surface area contributed by atoms with Gasteiger partial charge < -0.3 is 15.6 Å². The number of aromatic nitrogens is 3. The molecule has 1 saturated carbocycles. The van der Waals surface area contributed by atoms with Gasteiger partial charge in [0.05, 0.1) is 11.3 Å². The van der Waals surface area contributed by atoms with Gasteiger partial charge in [0.1, 0.15) is 10.8 Å². The van der Waals surface area contributed by atoms with Crippen LogP contribution in [0.1, 0.15) is 63.2 Å². The van der Waals surface area contributed by atoms with E-state index in [1.807, 2.05) is 6.07 Å². The van der Waals surface area contributed by atoms with Gasteiger partial charge in [-0.15, -0.1) is 32.9 Å². The number of nitrogens with two attached hydrogens (primary N) is 1. The van der Waals surface area contributed by atoms with Gasteiger partial charge in [0.15, 0.2) is 5.16 Å². The number of primary amides is 1. The van der Waals surface area contributed by atoms with Crippen LogP contribution in [0, 0.1) is 0 Å². The molecule has 3 aromatic rings. The molecule has 0 spiro atoms. The van der Waals surface area contributed by atoms with Gasteiger partial charge >= 0.3 is 0 Å². The molecule has 0 unspecified atom stereocenters. The van der Waals surface area contributed by atoms with E-state index in [0.717, 1.165) is 61.5 Å². The maximum Gasteiger partial charge on any atom is 0.251 e. The second kappa shape index (κ2) is 8.76. The van der Waals surface area contributed by atoms with Gasteiger partial charge in [-0.2, -0.15) is 0 Å². The summed E-state index contributed by atoms with van der Waals surface area (Å²) in [6, 6.07) is 4.58. The molecule has 2 aliphatic rings. The Hall–Kier alpha value is -2.17. The van der Waals surface area contributed by atoms with E-state index in [1.165, 1.54) is 32.9 Å². The van der Waals surface area contributed by atoms with Crippen molar-refractivity contribution >= 4 is 51.3 Å². The number of hydrogen-bond donors (Lipinski definition) is 2. The van der Waals surface area contributed by atoms with Gasteiger partial charge in [-0.3, -0.25) is 9.59 Å². The van der Waals surface area contributed by atoms with Gasteiger partial charge in [-0.25, -0.2) is 0 Å². The molecule has 0 saturated heterocycles. The van der Waals surface area contributed by atoms with Crippen LogP contribution in [0.5, 0.6) is 0 Å². The third kappa shape index (κ3) is 4.42. The Bertz CT molecular complexity index is 1110. The number of rotatable bonds is 8. The number of thioether (sulfide) groups is 1. The Morgan fingerprint density at radius 1 is 1.26 bits per heavy atom. The lowest BCUT2D eigenvalue weighted by atomic mass is 9.95. The lowest BCUT2D eigenvalue weighted by Crippen LogP contribution is -2.19. The lowest BCUT2D eigenvalue weighted by Gasteiger charge is -2.11. The molecule has 0 aliphatic heterocycles. The molecule has 2 amide bonds. The molecule has 0 radical (unpaired) electrons. The summed E-state index contributed by atoms with van der Waals surface area (Å²) in [6.07, 6.45) is 6.97. The monoisotopic (exact) mass is 473 g/mol. The highest BCUT2D eigenvalue weighted by molar-refractivity contribution is 7.99. The molecule has 1 fully saturated rings. The third-order valence-electron chi connectivity index (χ3n) is 5.56. The molecule has 3 heterocycles. The molecule has 2 aliphatic carbocycles. The van der Waals surface area contributed by atoms with E-state index in [9.17, 15) is 9.59 Å². The van der Waals surface area contributed by atoms with Gasteiger partial charge in [0.2, 0.25) is 5.91 Å². The van der Waals surface area contributed by atoms with Crippen LogP contribution in [0.2, 0.25) is 0 Å². The second-order valence-electron chi connectivity index (χ2n) is 7.87. The predicted octanol–water partition coefficient (Wildman–Crippen LogP) is 4.04. The summed E-state index contributed by atoms with van der Waals surface area (Å²) in [5.74, 6) is 0.546. The average Bonchev–Trinajstić information content (AvgIpc) is 3.14. The number of nitrogens with zero attached hydrogens (tertiary/aromatic N) is 3. The maximum atomic E-state index is 12.7. The molecule has 0 bridgehead atoms. The fourth-order valence-corrected chi connectivity index (χ4v) is 6.84. The zero-order chi connectivity index (χ0) is 21.4. The number of carbonyl (C=O) groups excluding carboxylic acids is 2. The molecule has 0 aromatic carbocycles. The molecule has 0 atom stereocenters. The van der Waals surface area contributed by atoms with Crippen molar-refractivity contribution in [3.63, 3.8) is 0 Å². The van der Waals surface area contributed by atoms with Crippen LogP contribution in [-0.2, 0) is 24.1 Å². The van der Waals surface area contributed by atoms with Crippen LogP contribution >= 0.6 is 34.4 Å². The largest absolute Gasteiger partial charge is 0.365 e. The van der Waals surface area contributed by atoms with Crippen molar-refractivity contribution in [2.45, 2.75) is 56.1 Å². The van der Waals surface area contributed by atoms with Gasteiger partial charge in [-0.1, -0.05) is 17.8 Å². The van der Waals surface area contributed by atoms with E-state index >= 15 is 0 Å². The van der Waals surface area contributed by atoms with E-state index in [2.05, 4.69) is 31.5 Å². The topological polar surface area (TPSA) is 103 Å². The first kappa shape index (κ1) is 20.7. The first-order valence-corrected chi connectivity index (χ1v) is 13.1. The number of thiophene rings is 2. The van der Waals surface area contributed by atoms with Crippen LogP contribution in [-0.4, -0.2) is 32.3 Å². The summed E-state index contributed by atoms with van der Waals surface area (Å²) in [4.78, 5) is 27.2. The van der Waals surface area contributed by atoms with Crippen molar-refractivity contribution < 1.29 is 9.59 Å². The Morgan fingerprint density at radius 3 is 2.84 bits per heavy atom. The van der Waals surface area contributed by atoms with E-state index in [1.54, 1.807) is 11.3 Å². The molecule has 3 aromatic heterocycles. The molecule has 162 valence electrons. The molecular formula is C21H23N5O2S3. The minimum absolute atomic E-state index is 0.156. The summed E-state index contributed by atoms with van der Waals surface area (Å²) in [5, 5.41) is 15.1. The first-order valence-electron chi connectivity index (χ1n) is 10.4. The standard InChI is InChI=1S/C21H23N5O2S3/c22-19(28)18-14-5-1-2-6-15(14)31-20(18)23-17(27)11-30-21-25-24-16(26(21)12-7-8-12)10-13-4-3-9-29-13/h3-4,9,12H,1-2,5-8,10-11H2,(H2,22,28)(H,23,27). The van der Waals surface area contributed by atoms with Crippen LogP contribution in [0.15, 0.2) is 22.7 Å². The average molecular weight is 474 g/mol. The van der Waals surface area contributed by atoms with Crippen LogP contribution in [0.4, 0.5) is 5.00 Å². The number of nitrogens with one attached hydrogen (secondary N) is 1. The quantitative estimate of drug-likeness (QED) is 0.481. The zero-order valence-electron chi connectivity index (χ0n) is 16.9. The highest BCUT2D eigenvalue weighted by Gasteiger charge is 2.30. The number of hydrogen-bond acceptors (Lipinski definition) is 7. The minimum Gasteiger partial charge on any atom is -0.365 e. The summed E-state index contributed by atoms with van der Waals surface area (Å²) < 4.78 is 2.19. The van der Waals surface area contributed by atoms with E-state index < -0.39 is 5.91 Å². The first-order chi connectivity index (χ1) is 15.1. The van der Waals surface area contributed by atoms with Gasteiger partial charge in [0.25, 0.3) is 5.91 Å². The Kier molecular flexibility index (Phi) is 5.85. The summed E-state index contributed by atoms with van der Waals surface area (Å²) in [6.45, 7) is 0.